The highest BCUT2D eigenvalue weighted by Crippen LogP contribution is 2.25. The highest BCUT2D eigenvalue weighted by molar-refractivity contribution is 7.85. The largest absolute Gasteiger partial charge is 0.493 e. The molecule has 1 saturated heterocycles. The summed E-state index contributed by atoms with van der Waals surface area (Å²) in [7, 11) is -4.25. The number of rotatable bonds is 5. The van der Waals surface area contributed by atoms with E-state index < -0.39 is 15.7 Å². The van der Waals surface area contributed by atoms with Crippen LogP contribution in [0.4, 0.5) is 4.79 Å². The summed E-state index contributed by atoms with van der Waals surface area (Å²) in [6, 6.07) is 4.24. The first kappa shape index (κ1) is 19.5. The Bertz CT molecular complexity index is 732. The maximum Gasteiger partial charge on any atom is 0.410 e. The van der Waals surface area contributed by atoms with Gasteiger partial charge in [0, 0.05) is 19.2 Å². The summed E-state index contributed by atoms with van der Waals surface area (Å²) in [5.41, 5.74) is 0.289. The van der Waals surface area contributed by atoms with Crippen molar-refractivity contribution < 1.29 is 27.2 Å². The van der Waals surface area contributed by atoms with E-state index in [0.717, 1.165) is 12.0 Å². The molecular formula is C17H25NO6S. The van der Waals surface area contributed by atoms with Crippen LogP contribution in [0.3, 0.4) is 0 Å². The van der Waals surface area contributed by atoms with Crippen molar-refractivity contribution >= 4 is 16.2 Å². The van der Waals surface area contributed by atoms with Crippen LogP contribution in [0.2, 0.25) is 0 Å². The smallest absolute Gasteiger partial charge is 0.410 e. The topological polar surface area (TPSA) is 93.1 Å². The molecule has 1 aromatic carbocycles. The van der Waals surface area contributed by atoms with Gasteiger partial charge < -0.3 is 14.4 Å². The van der Waals surface area contributed by atoms with Crippen molar-refractivity contribution in [3.05, 3.63) is 23.8 Å². The second kappa shape index (κ2) is 7.21. The second-order valence-corrected chi connectivity index (χ2v) is 8.71. The van der Waals surface area contributed by atoms with E-state index in [0.29, 0.717) is 31.4 Å². The van der Waals surface area contributed by atoms with Gasteiger partial charge >= 0.3 is 6.09 Å². The monoisotopic (exact) mass is 371 g/mol. The first-order valence-electron chi connectivity index (χ1n) is 8.14. The van der Waals surface area contributed by atoms with Gasteiger partial charge in [0.2, 0.25) is 0 Å². The lowest BCUT2D eigenvalue weighted by Crippen LogP contribution is -2.51. The van der Waals surface area contributed by atoms with E-state index in [2.05, 4.69) is 0 Å². The van der Waals surface area contributed by atoms with E-state index in [1.807, 2.05) is 20.8 Å². The average molecular weight is 371 g/mol. The highest BCUT2D eigenvalue weighted by Gasteiger charge is 2.33. The molecule has 1 fully saturated rings. The van der Waals surface area contributed by atoms with E-state index >= 15 is 0 Å². The van der Waals surface area contributed by atoms with Crippen molar-refractivity contribution in [2.24, 2.45) is 5.92 Å². The van der Waals surface area contributed by atoms with Crippen molar-refractivity contribution in [3.63, 3.8) is 0 Å². The predicted molar refractivity (Wildman–Crippen MR) is 92.4 cm³/mol. The molecule has 0 atom stereocenters. The molecule has 1 aliphatic heterocycles. The summed E-state index contributed by atoms with van der Waals surface area (Å²) in [5.74, 6) is 0.760. The third kappa shape index (κ3) is 5.61. The lowest BCUT2D eigenvalue weighted by Gasteiger charge is -2.39. The normalized spacial score (nSPS) is 15.6. The fourth-order valence-corrected chi connectivity index (χ4v) is 2.96. The highest BCUT2D eigenvalue weighted by atomic mass is 32.2. The van der Waals surface area contributed by atoms with Gasteiger partial charge in [0.05, 0.1) is 11.5 Å². The fraction of sp³-hybridized carbons (Fsp3) is 0.588. The Balaban J connectivity index is 1.79. The van der Waals surface area contributed by atoms with Gasteiger partial charge in [-0.15, -0.1) is 0 Å². The van der Waals surface area contributed by atoms with E-state index in [1.165, 1.54) is 12.1 Å². The van der Waals surface area contributed by atoms with Crippen LogP contribution in [-0.4, -0.2) is 49.3 Å². The van der Waals surface area contributed by atoms with Gasteiger partial charge in [0.15, 0.2) is 0 Å². The Morgan fingerprint density at radius 1 is 1.32 bits per heavy atom. The van der Waals surface area contributed by atoms with Crippen LogP contribution in [0, 0.1) is 12.8 Å². The number of hydrogen-bond acceptors (Lipinski definition) is 5. The summed E-state index contributed by atoms with van der Waals surface area (Å²) in [4.78, 5) is 13.3. The minimum atomic E-state index is -4.25. The molecule has 0 radical (unpaired) electrons. The van der Waals surface area contributed by atoms with Gasteiger partial charge in [-0.2, -0.15) is 8.42 Å². The number of carbonyl (C=O) groups excluding carboxylic acids is 1. The molecule has 0 aliphatic carbocycles. The molecule has 140 valence electrons. The number of hydrogen-bond donors (Lipinski definition) is 1. The van der Waals surface area contributed by atoms with Gasteiger partial charge in [-0.1, -0.05) is 6.07 Å². The number of carbonyl (C=O) groups is 1. The maximum atomic E-state index is 11.8. The number of likely N-dealkylation sites (tertiary alicyclic amines) is 1. The summed E-state index contributed by atoms with van der Waals surface area (Å²) in [6.45, 7) is 8.96. The third-order valence-corrected chi connectivity index (χ3v) is 4.70. The average Bonchev–Trinajstić information content (AvgIpc) is 2.39. The third-order valence-electron chi connectivity index (χ3n) is 3.85. The summed E-state index contributed by atoms with van der Waals surface area (Å²) >= 11 is 0. The van der Waals surface area contributed by atoms with Crippen LogP contribution in [0.1, 0.15) is 32.8 Å². The molecule has 1 N–H and O–H groups in total. The van der Waals surface area contributed by atoms with E-state index in [1.54, 1.807) is 17.9 Å². The Hall–Kier alpha value is -1.80. The van der Waals surface area contributed by atoms with Crippen molar-refractivity contribution in [2.45, 2.75) is 44.6 Å². The summed E-state index contributed by atoms with van der Waals surface area (Å²) in [6.07, 6.45) is 0.441. The zero-order chi connectivity index (χ0) is 18.8. The molecule has 25 heavy (non-hydrogen) atoms. The quantitative estimate of drug-likeness (QED) is 0.800. The molecule has 2 rings (SSSR count). The molecule has 1 heterocycles. The molecule has 1 amide bonds. The van der Waals surface area contributed by atoms with Crippen molar-refractivity contribution in [2.75, 3.05) is 19.7 Å². The Morgan fingerprint density at radius 2 is 1.96 bits per heavy atom. The Labute approximate surface area is 148 Å². The number of aryl methyl sites for hydroxylation is 1. The summed E-state index contributed by atoms with van der Waals surface area (Å²) < 4.78 is 42.4. The van der Waals surface area contributed by atoms with Crippen molar-refractivity contribution in [3.8, 4) is 5.75 Å². The van der Waals surface area contributed by atoms with Crippen LogP contribution >= 0.6 is 0 Å². The number of amides is 1. The van der Waals surface area contributed by atoms with Crippen molar-refractivity contribution in [1.82, 2.24) is 4.90 Å². The van der Waals surface area contributed by atoms with E-state index in [4.69, 9.17) is 14.0 Å². The summed E-state index contributed by atoms with van der Waals surface area (Å²) in [5, 5.41) is 0. The molecule has 0 unspecified atom stereocenters. The zero-order valence-electron chi connectivity index (χ0n) is 15.0. The van der Waals surface area contributed by atoms with Gasteiger partial charge in [0.25, 0.3) is 10.1 Å². The van der Waals surface area contributed by atoms with Crippen LogP contribution < -0.4 is 4.74 Å². The Kier molecular flexibility index (Phi) is 5.63. The predicted octanol–water partition coefficient (Wildman–Crippen LogP) is 2.88. The molecule has 1 aromatic rings. The van der Waals surface area contributed by atoms with Gasteiger partial charge in [-0.3, -0.25) is 4.55 Å². The minimum Gasteiger partial charge on any atom is -0.493 e. The van der Waals surface area contributed by atoms with Gasteiger partial charge in [-0.25, -0.2) is 4.79 Å². The molecule has 8 heteroatoms. The Morgan fingerprint density at radius 3 is 2.52 bits per heavy atom. The van der Waals surface area contributed by atoms with E-state index in [-0.39, 0.29) is 11.0 Å². The second-order valence-electron chi connectivity index (χ2n) is 7.29. The SMILES string of the molecule is Cc1ccc(S(=O)(=O)O)cc1OCCC1CN(C(=O)OC(C)(C)C)C1. The van der Waals surface area contributed by atoms with Crippen LogP contribution in [0.25, 0.3) is 0 Å². The van der Waals surface area contributed by atoms with Crippen LogP contribution in [0.5, 0.6) is 5.75 Å². The minimum absolute atomic E-state index is 0.187. The zero-order valence-corrected chi connectivity index (χ0v) is 15.8. The molecule has 7 nitrogen and oxygen atoms in total. The number of benzene rings is 1. The van der Waals surface area contributed by atoms with Gasteiger partial charge in [-0.05, 0) is 51.7 Å². The molecule has 0 aromatic heterocycles. The maximum absolute atomic E-state index is 11.8. The van der Waals surface area contributed by atoms with Crippen LogP contribution in [-0.2, 0) is 14.9 Å². The van der Waals surface area contributed by atoms with Crippen molar-refractivity contribution in [1.29, 1.82) is 0 Å². The molecule has 0 bridgehead atoms. The van der Waals surface area contributed by atoms with Crippen LogP contribution in [0.15, 0.2) is 23.1 Å². The lowest BCUT2D eigenvalue weighted by molar-refractivity contribution is -0.00384. The number of nitrogens with zero attached hydrogens (tertiary/aromatic N) is 1. The standard InChI is InChI=1S/C17H25NO6S/c1-12-5-6-14(25(20,21)22)9-15(12)23-8-7-13-10-18(11-13)16(19)24-17(2,3)4/h5-6,9,13H,7-8,10-11H2,1-4H3,(H,20,21,22). The first-order chi connectivity index (χ1) is 11.5. The van der Waals surface area contributed by atoms with E-state index in [9.17, 15) is 13.2 Å². The first-order valence-corrected chi connectivity index (χ1v) is 9.58. The lowest BCUT2D eigenvalue weighted by atomic mass is 9.97. The number of ether oxygens (including phenoxy) is 2. The molecule has 1 aliphatic rings. The van der Waals surface area contributed by atoms with Gasteiger partial charge in [0.1, 0.15) is 11.4 Å². The fourth-order valence-electron chi connectivity index (χ4n) is 2.46. The molecular weight excluding hydrogens is 346 g/mol. The molecule has 0 saturated carbocycles. The molecule has 0 spiro atoms.